The lowest BCUT2D eigenvalue weighted by molar-refractivity contribution is -0.137. The third-order valence-electron chi connectivity index (χ3n) is 4.25. The van der Waals surface area contributed by atoms with Gasteiger partial charge in [-0.05, 0) is 42.0 Å². The highest BCUT2D eigenvalue weighted by Crippen LogP contribution is 2.33. The molecule has 144 valence electrons. The molecule has 0 saturated carbocycles. The Balaban J connectivity index is 1.70. The molecule has 0 amide bonds. The second-order valence-corrected chi connectivity index (χ2v) is 7.41. The van der Waals surface area contributed by atoms with Crippen molar-refractivity contribution in [2.75, 3.05) is 19.0 Å². The Hall–Kier alpha value is -2.12. The molecule has 27 heavy (non-hydrogen) atoms. The van der Waals surface area contributed by atoms with Crippen LogP contribution in [0.5, 0.6) is 5.88 Å². The predicted octanol–water partition coefficient (Wildman–Crippen LogP) is 4.40. The third kappa shape index (κ3) is 5.68. The number of benzene rings is 1. The predicted molar refractivity (Wildman–Crippen MR) is 102 cm³/mol. The van der Waals surface area contributed by atoms with Crippen LogP contribution in [0.4, 0.5) is 4.39 Å². The first kappa shape index (κ1) is 19.6. The van der Waals surface area contributed by atoms with Crippen molar-refractivity contribution in [3.8, 4) is 17.0 Å². The first-order valence-electron chi connectivity index (χ1n) is 8.97. The molecule has 2 heterocycles. The summed E-state index contributed by atoms with van der Waals surface area (Å²) in [6.07, 6.45) is 3.96. The molecule has 0 aliphatic carbocycles. The van der Waals surface area contributed by atoms with E-state index < -0.39 is 5.97 Å². The molecule has 0 unspecified atom stereocenters. The maximum atomic E-state index is 14.5. The van der Waals surface area contributed by atoms with Gasteiger partial charge in [0.1, 0.15) is 11.9 Å². The Labute approximate surface area is 161 Å². The van der Waals surface area contributed by atoms with E-state index in [1.54, 1.807) is 18.3 Å². The van der Waals surface area contributed by atoms with Crippen molar-refractivity contribution in [1.82, 2.24) is 4.98 Å². The number of nitrogens with zero attached hydrogens (tertiary/aromatic N) is 1. The number of carboxylic acids is 1. The standard InChI is InChI=1S/C20H22FNO4S/c21-17-13-14(5-6-18(17)27-12-2-4-19(23)24)16-3-1-9-22-20(16)26-15-7-10-25-11-8-15/h1,3,5-6,9,13,15H,2,4,7-8,10-12H2,(H,23,24). The van der Waals surface area contributed by atoms with E-state index >= 15 is 0 Å². The Morgan fingerprint density at radius 2 is 2.15 bits per heavy atom. The monoisotopic (exact) mass is 391 g/mol. The molecule has 0 spiro atoms. The highest BCUT2D eigenvalue weighted by atomic mass is 32.2. The topological polar surface area (TPSA) is 68.7 Å². The van der Waals surface area contributed by atoms with Crippen molar-refractivity contribution in [3.63, 3.8) is 0 Å². The fraction of sp³-hybridized carbons (Fsp3) is 0.400. The van der Waals surface area contributed by atoms with Crippen LogP contribution in [0.2, 0.25) is 0 Å². The molecule has 5 nitrogen and oxygen atoms in total. The summed E-state index contributed by atoms with van der Waals surface area (Å²) >= 11 is 1.33. The Kier molecular flexibility index (Phi) is 7.06. The lowest BCUT2D eigenvalue weighted by atomic mass is 10.1. The molecule has 1 aromatic carbocycles. The minimum atomic E-state index is -0.833. The van der Waals surface area contributed by atoms with Gasteiger partial charge in [0.15, 0.2) is 0 Å². The van der Waals surface area contributed by atoms with Crippen LogP contribution in [-0.4, -0.2) is 41.1 Å². The molecule has 0 radical (unpaired) electrons. The van der Waals surface area contributed by atoms with Gasteiger partial charge in [-0.25, -0.2) is 9.37 Å². The summed E-state index contributed by atoms with van der Waals surface area (Å²) < 4.78 is 25.9. The average molecular weight is 391 g/mol. The zero-order valence-corrected chi connectivity index (χ0v) is 15.7. The number of rotatable bonds is 8. The van der Waals surface area contributed by atoms with Gasteiger partial charge in [0, 0.05) is 35.9 Å². The Morgan fingerprint density at radius 3 is 2.89 bits per heavy atom. The molecule has 0 atom stereocenters. The number of thioether (sulfide) groups is 1. The number of aromatic nitrogens is 1. The van der Waals surface area contributed by atoms with Gasteiger partial charge in [0.25, 0.3) is 0 Å². The summed E-state index contributed by atoms with van der Waals surface area (Å²) in [6, 6.07) is 8.72. The summed E-state index contributed by atoms with van der Waals surface area (Å²) in [5.41, 5.74) is 1.46. The minimum Gasteiger partial charge on any atom is -0.481 e. The number of carboxylic acid groups (broad SMARTS) is 1. The average Bonchev–Trinajstić information content (AvgIpc) is 2.67. The van der Waals surface area contributed by atoms with Crippen molar-refractivity contribution in [2.45, 2.75) is 36.7 Å². The second kappa shape index (κ2) is 9.71. The molecule has 7 heteroatoms. The second-order valence-electron chi connectivity index (χ2n) is 6.28. The van der Waals surface area contributed by atoms with Crippen molar-refractivity contribution in [1.29, 1.82) is 0 Å². The van der Waals surface area contributed by atoms with E-state index in [0.29, 0.717) is 41.7 Å². The first-order valence-corrected chi connectivity index (χ1v) is 9.96. The summed E-state index contributed by atoms with van der Waals surface area (Å²) in [6.45, 7) is 1.35. The fourth-order valence-corrected chi connectivity index (χ4v) is 3.72. The molecule has 2 aromatic rings. The molecule has 1 aliphatic rings. The number of hydrogen-bond donors (Lipinski definition) is 1. The maximum Gasteiger partial charge on any atom is 0.303 e. The molecule has 3 rings (SSSR count). The van der Waals surface area contributed by atoms with E-state index in [-0.39, 0.29) is 18.3 Å². The first-order chi connectivity index (χ1) is 13.1. The normalized spacial score (nSPS) is 14.9. The van der Waals surface area contributed by atoms with Gasteiger partial charge >= 0.3 is 5.97 Å². The van der Waals surface area contributed by atoms with Crippen LogP contribution in [-0.2, 0) is 9.53 Å². The number of hydrogen-bond acceptors (Lipinski definition) is 5. The summed E-state index contributed by atoms with van der Waals surface area (Å²) in [5, 5.41) is 8.66. The zero-order chi connectivity index (χ0) is 19.1. The van der Waals surface area contributed by atoms with Gasteiger partial charge in [-0.3, -0.25) is 4.79 Å². The summed E-state index contributed by atoms with van der Waals surface area (Å²) in [5.74, 6) is -0.0903. The smallest absolute Gasteiger partial charge is 0.303 e. The molecule has 1 aromatic heterocycles. The summed E-state index contributed by atoms with van der Waals surface area (Å²) in [4.78, 5) is 15.4. The number of ether oxygens (including phenoxy) is 2. The minimum absolute atomic E-state index is 0.0568. The van der Waals surface area contributed by atoms with Gasteiger partial charge in [-0.2, -0.15) is 0 Å². The van der Waals surface area contributed by atoms with Gasteiger partial charge in [-0.15, -0.1) is 11.8 Å². The quantitative estimate of drug-likeness (QED) is 0.531. The van der Waals surface area contributed by atoms with Gasteiger partial charge in [-0.1, -0.05) is 6.07 Å². The lowest BCUT2D eigenvalue weighted by Crippen LogP contribution is -2.26. The van der Waals surface area contributed by atoms with Gasteiger partial charge in [0.05, 0.1) is 13.2 Å². The highest BCUT2D eigenvalue weighted by Gasteiger charge is 2.18. The van der Waals surface area contributed by atoms with Crippen LogP contribution in [0.1, 0.15) is 25.7 Å². The number of pyridine rings is 1. The van der Waals surface area contributed by atoms with E-state index in [0.717, 1.165) is 18.4 Å². The van der Waals surface area contributed by atoms with Crippen LogP contribution < -0.4 is 4.74 Å². The molecule has 1 fully saturated rings. The zero-order valence-electron chi connectivity index (χ0n) is 14.9. The fourth-order valence-electron chi connectivity index (χ4n) is 2.85. The van der Waals surface area contributed by atoms with Crippen LogP contribution in [0.25, 0.3) is 11.1 Å². The molecule has 0 bridgehead atoms. The number of carbonyl (C=O) groups is 1. The van der Waals surface area contributed by atoms with Crippen molar-refractivity contribution >= 4 is 17.7 Å². The van der Waals surface area contributed by atoms with Crippen LogP contribution >= 0.6 is 11.8 Å². The van der Waals surface area contributed by atoms with Gasteiger partial charge in [0.2, 0.25) is 5.88 Å². The largest absolute Gasteiger partial charge is 0.481 e. The third-order valence-corrected chi connectivity index (χ3v) is 5.39. The molecule has 1 aliphatic heterocycles. The van der Waals surface area contributed by atoms with E-state index in [9.17, 15) is 9.18 Å². The lowest BCUT2D eigenvalue weighted by Gasteiger charge is -2.23. The molecular formula is C20H22FNO4S. The maximum absolute atomic E-state index is 14.5. The Morgan fingerprint density at radius 1 is 1.33 bits per heavy atom. The highest BCUT2D eigenvalue weighted by molar-refractivity contribution is 7.99. The van der Waals surface area contributed by atoms with Crippen LogP contribution in [0.15, 0.2) is 41.4 Å². The number of halogens is 1. The molecule has 1 N–H and O–H groups in total. The van der Waals surface area contributed by atoms with E-state index in [4.69, 9.17) is 14.6 Å². The summed E-state index contributed by atoms with van der Waals surface area (Å²) in [7, 11) is 0. The SMILES string of the molecule is O=C(O)CCCSc1ccc(-c2cccnc2OC2CCOCC2)cc1F. The van der Waals surface area contributed by atoms with E-state index in [2.05, 4.69) is 4.98 Å². The van der Waals surface area contributed by atoms with Gasteiger partial charge < -0.3 is 14.6 Å². The van der Waals surface area contributed by atoms with Crippen molar-refractivity contribution < 1.29 is 23.8 Å². The van der Waals surface area contributed by atoms with Crippen molar-refractivity contribution in [2.24, 2.45) is 0 Å². The van der Waals surface area contributed by atoms with Crippen molar-refractivity contribution in [3.05, 3.63) is 42.3 Å². The number of aliphatic carboxylic acids is 1. The van der Waals surface area contributed by atoms with Crippen LogP contribution in [0.3, 0.4) is 0 Å². The Bertz CT molecular complexity index is 780. The van der Waals surface area contributed by atoms with E-state index in [1.165, 1.54) is 17.8 Å². The molecular weight excluding hydrogens is 369 g/mol. The van der Waals surface area contributed by atoms with Crippen LogP contribution in [0, 0.1) is 5.82 Å². The molecule has 1 saturated heterocycles. The van der Waals surface area contributed by atoms with E-state index in [1.807, 2.05) is 12.1 Å².